The van der Waals surface area contributed by atoms with E-state index < -0.39 is 0 Å². The summed E-state index contributed by atoms with van der Waals surface area (Å²) in [6, 6.07) is 8.03. The number of thiocarbonyl (C=S) groups is 1. The van der Waals surface area contributed by atoms with Crippen LogP contribution in [0.15, 0.2) is 29.3 Å². The lowest BCUT2D eigenvalue weighted by molar-refractivity contribution is 0.343. The summed E-state index contributed by atoms with van der Waals surface area (Å²) in [7, 11) is 1.70. The molecule has 0 radical (unpaired) electrons. The van der Waals surface area contributed by atoms with Crippen molar-refractivity contribution in [3.8, 4) is 5.75 Å². The first-order valence-electron chi connectivity index (χ1n) is 7.56. The number of nitrogens with zero attached hydrogens (tertiary/aromatic N) is 2. The van der Waals surface area contributed by atoms with Crippen molar-refractivity contribution in [1.82, 2.24) is 4.90 Å². The van der Waals surface area contributed by atoms with Gasteiger partial charge in [0, 0.05) is 17.9 Å². The van der Waals surface area contributed by atoms with Crippen LogP contribution in [0.4, 0.5) is 0 Å². The quantitative estimate of drug-likeness (QED) is 0.763. The zero-order valence-corrected chi connectivity index (χ0v) is 15.4. The largest absolute Gasteiger partial charge is 0.496 e. The maximum Gasteiger partial charge on any atom is 0.164 e. The molecule has 1 aliphatic heterocycles. The number of methoxy groups -OCH3 is 1. The van der Waals surface area contributed by atoms with Crippen molar-refractivity contribution >= 4 is 34.1 Å². The molecular formula is C17H24N2OS2. The van der Waals surface area contributed by atoms with E-state index in [4.69, 9.17) is 21.9 Å². The Bertz CT molecular complexity index is 570. The van der Waals surface area contributed by atoms with Crippen LogP contribution in [0.25, 0.3) is 0 Å². The SMILES string of the molecule is CCC(=S)N1CC(C)(C)CS/C1=N/Cc1ccccc1OC. The van der Waals surface area contributed by atoms with E-state index in [0.717, 1.165) is 40.2 Å². The topological polar surface area (TPSA) is 24.8 Å². The monoisotopic (exact) mass is 336 g/mol. The summed E-state index contributed by atoms with van der Waals surface area (Å²) in [4.78, 5) is 7.99. The minimum atomic E-state index is 0.257. The van der Waals surface area contributed by atoms with Gasteiger partial charge in [-0.3, -0.25) is 4.99 Å². The van der Waals surface area contributed by atoms with Crippen molar-refractivity contribution in [2.75, 3.05) is 19.4 Å². The molecule has 1 heterocycles. The first-order chi connectivity index (χ1) is 10.5. The average molecular weight is 337 g/mol. The lowest BCUT2D eigenvalue weighted by Crippen LogP contribution is -2.46. The third-order valence-electron chi connectivity index (χ3n) is 3.59. The molecule has 0 amide bonds. The third-order valence-corrected chi connectivity index (χ3v) is 5.63. The molecular weight excluding hydrogens is 312 g/mol. The van der Waals surface area contributed by atoms with Gasteiger partial charge in [-0.1, -0.05) is 63.0 Å². The summed E-state index contributed by atoms with van der Waals surface area (Å²) in [5, 5.41) is 1.04. The van der Waals surface area contributed by atoms with Crippen LogP contribution in [-0.4, -0.2) is 34.5 Å². The number of thioether (sulfide) groups is 1. The van der Waals surface area contributed by atoms with Crippen LogP contribution in [0.3, 0.4) is 0 Å². The van der Waals surface area contributed by atoms with E-state index in [1.54, 1.807) is 18.9 Å². The highest BCUT2D eigenvalue weighted by molar-refractivity contribution is 8.14. The van der Waals surface area contributed by atoms with Crippen LogP contribution in [0, 0.1) is 5.41 Å². The fraction of sp³-hybridized carbons (Fsp3) is 0.529. The van der Waals surface area contributed by atoms with Crippen molar-refractivity contribution in [2.24, 2.45) is 10.4 Å². The summed E-state index contributed by atoms with van der Waals surface area (Å²) in [6.45, 7) is 8.23. The van der Waals surface area contributed by atoms with Gasteiger partial charge in [-0.15, -0.1) is 0 Å². The minimum absolute atomic E-state index is 0.257. The molecule has 1 aromatic carbocycles. The lowest BCUT2D eigenvalue weighted by Gasteiger charge is -2.39. The average Bonchev–Trinajstić information content (AvgIpc) is 2.52. The maximum atomic E-state index is 5.54. The van der Waals surface area contributed by atoms with Crippen molar-refractivity contribution in [3.05, 3.63) is 29.8 Å². The van der Waals surface area contributed by atoms with Gasteiger partial charge in [0.25, 0.3) is 0 Å². The van der Waals surface area contributed by atoms with Gasteiger partial charge in [0.1, 0.15) is 5.75 Å². The zero-order valence-electron chi connectivity index (χ0n) is 13.8. The zero-order chi connectivity index (χ0) is 16.2. The number of amidine groups is 1. The highest BCUT2D eigenvalue weighted by atomic mass is 32.2. The molecule has 0 aliphatic carbocycles. The fourth-order valence-electron chi connectivity index (χ4n) is 2.38. The first kappa shape index (κ1) is 17.3. The molecule has 1 aromatic rings. The Kier molecular flexibility index (Phi) is 5.87. The van der Waals surface area contributed by atoms with Gasteiger partial charge in [0.05, 0.1) is 18.6 Å². The van der Waals surface area contributed by atoms with Gasteiger partial charge >= 0.3 is 0 Å². The van der Waals surface area contributed by atoms with E-state index in [9.17, 15) is 0 Å². The normalized spacial score (nSPS) is 19.3. The van der Waals surface area contributed by atoms with Crippen LogP contribution in [0.1, 0.15) is 32.8 Å². The van der Waals surface area contributed by atoms with Crippen molar-refractivity contribution in [3.63, 3.8) is 0 Å². The first-order valence-corrected chi connectivity index (χ1v) is 8.96. The van der Waals surface area contributed by atoms with Crippen LogP contribution in [0.5, 0.6) is 5.75 Å². The van der Waals surface area contributed by atoms with Crippen LogP contribution >= 0.6 is 24.0 Å². The second kappa shape index (κ2) is 7.47. The van der Waals surface area contributed by atoms with E-state index in [1.165, 1.54) is 0 Å². The van der Waals surface area contributed by atoms with E-state index >= 15 is 0 Å². The maximum absolute atomic E-state index is 5.54. The molecule has 0 bridgehead atoms. The molecule has 1 fully saturated rings. The Morgan fingerprint density at radius 2 is 2.14 bits per heavy atom. The van der Waals surface area contributed by atoms with E-state index in [-0.39, 0.29) is 5.41 Å². The fourth-order valence-corrected chi connectivity index (χ4v) is 3.69. The van der Waals surface area contributed by atoms with Gasteiger partial charge in [0.2, 0.25) is 0 Å². The van der Waals surface area contributed by atoms with E-state index in [1.807, 2.05) is 18.2 Å². The predicted octanol–water partition coefficient (Wildman–Crippen LogP) is 4.36. The van der Waals surface area contributed by atoms with Gasteiger partial charge in [0.15, 0.2) is 5.17 Å². The molecule has 3 nitrogen and oxygen atoms in total. The highest BCUT2D eigenvalue weighted by Crippen LogP contribution is 2.32. The predicted molar refractivity (Wildman–Crippen MR) is 100.0 cm³/mol. The van der Waals surface area contributed by atoms with Crippen molar-refractivity contribution in [2.45, 2.75) is 33.7 Å². The molecule has 0 aromatic heterocycles. The number of rotatable bonds is 4. The number of benzene rings is 1. The second-order valence-corrected chi connectivity index (χ2v) is 7.61. The second-order valence-electron chi connectivity index (χ2n) is 6.20. The van der Waals surface area contributed by atoms with Gasteiger partial charge < -0.3 is 9.64 Å². The molecule has 0 spiro atoms. The van der Waals surface area contributed by atoms with Crippen LogP contribution < -0.4 is 4.74 Å². The van der Waals surface area contributed by atoms with Crippen LogP contribution in [-0.2, 0) is 6.54 Å². The summed E-state index contributed by atoms with van der Waals surface area (Å²) in [6.07, 6.45) is 0.875. The molecule has 1 aliphatic rings. The molecule has 2 rings (SSSR count). The number of ether oxygens (including phenoxy) is 1. The van der Waals surface area contributed by atoms with Gasteiger partial charge in [-0.2, -0.15) is 0 Å². The van der Waals surface area contributed by atoms with Crippen molar-refractivity contribution in [1.29, 1.82) is 0 Å². The van der Waals surface area contributed by atoms with E-state index in [0.29, 0.717) is 6.54 Å². The standard InChI is InChI=1S/C17H24N2OS2/c1-5-15(21)19-11-17(2,3)12-22-16(19)18-10-13-8-6-7-9-14(13)20-4/h6-9H,5,10-12H2,1-4H3/b18-16+. The minimum Gasteiger partial charge on any atom is -0.496 e. The molecule has 1 saturated heterocycles. The number of aliphatic imine (C=N–C) groups is 1. The molecule has 120 valence electrons. The smallest absolute Gasteiger partial charge is 0.164 e. The Hall–Kier alpha value is -1.07. The summed E-state index contributed by atoms with van der Waals surface area (Å²) >= 11 is 7.34. The van der Waals surface area contributed by atoms with E-state index in [2.05, 4.69) is 31.7 Å². The summed E-state index contributed by atoms with van der Waals surface area (Å²) in [5.74, 6) is 1.96. The van der Waals surface area contributed by atoms with Gasteiger partial charge in [-0.25, -0.2) is 0 Å². The summed E-state index contributed by atoms with van der Waals surface area (Å²) in [5.41, 5.74) is 1.36. The molecule has 22 heavy (non-hydrogen) atoms. The highest BCUT2D eigenvalue weighted by Gasteiger charge is 2.32. The Morgan fingerprint density at radius 3 is 2.82 bits per heavy atom. The Morgan fingerprint density at radius 1 is 1.41 bits per heavy atom. The third kappa shape index (κ3) is 4.23. The molecule has 0 N–H and O–H groups in total. The number of hydrogen-bond acceptors (Lipinski definition) is 4. The molecule has 5 heteroatoms. The molecule has 0 atom stereocenters. The molecule has 0 saturated carbocycles. The number of para-hydroxylation sites is 1. The van der Waals surface area contributed by atoms with Gasteiger partial charge in [-0.05, 0) is 17.9 Å². The Labute approximate surface area is 143 Å². The van der Waals surface area contributed by atoms with Crippen LogP contribution in [0.2, 0.25) is 0 Å². The lowest BCUT2D eigenvalue weighted by atomic mass is 9.95. The summed E-state index contributed by atoms with van der Waals surface area (Å²) < 4.78 is 5.40. The molecule has 0 unspecified atom stereocenters. The van der Waals surface area contributed by atoms with Crippen molar-refractivity contribution < 1.29 is 4.74 Å². The Balaban J connectivity index is 2.19. The number of hydrogen-bond donors (Lipinski definition) is 0.